The largest absolute Gasteiger partial charge is 0.300 e. The van der Waals surface area contributed by atoms with Crippen LogP contribution < -0.4 is 0 Å². The molecule has 0 N–H and O–H groups in total. The molecule has 0 unspecified atom stereocenters. The van der Waals surface area contributed by atoms with Gasteiger partial charge in [-0.3, -0.25) is 14.4 Å². The molecule has 0 aromatic heterocycles. The van der Waals surface area contributed by atoms with Crippen LogP contribution in [0.1, 0.15) is 52.0 Å². The number of hydrogen-bond donors (Lipinski definition) is 0. The number of halogens is 1. The molecule has 3 nitrogen and oxygen atoms in total. The van der Waals surface area contributed by atoms with Crippen LogP contribution in [0.5, 0.6) is 0 Å². The van der Waals surface area contributed by atoms with Gasteiger partial charge in [-0.15, -0.1) is 11.6 Å². The van der Waals surface area contributed by atoms with E-state index in [4.69, 9.17) is 11.6 Å². The Kier molecular flexibility index (Phi) is 4.37. The highest BCUT2D eigenvalue weighted by Gasteiger charge is 2.57. The molecule has 0 heterocycles. The maximum absolute atomic E-state index is 12.9. The van der Waals surface area contributed by atoms with Crippen molar-refractivity contribution < 1.29 is 14.4 Å². The number of fused-ring (bicyclic) bond motifs is 1. The summed E-state index contributed by atoms with van der Waals surface area (Å²) < 4.78 is 0. The summed E-state index contributed by atoms with van der Waals surface area (Å²) in [6.45, 7) is 1.76. The summed E-state index contributed by atoms with van der Waals surface area (Å²) in [4.78, 5) is 36.2. The molecule has 1 aliphatic carbocycles. The van der Waals surface area contributed by atoms with Crippen molar-refractivity contribution in [1.82, 2.24) is 0 Å². The van der Waals surface area contributed by atoms with Gasteiger partial charge in [0.05, 0.1) is 0 Å². The molecule has 0 aliphatic heterocycles. The number of Topliss-reactive ketones (excluding diaryl/α,β-unsaturated/α-hetero) is 3. The lowest BCUT2D eigenvalue weighted by atomic mass is 9.78. The van der Waals surface area contributed by atoms with Crippen molar-refractivity contribution in [2.75, 3.05) is 0 Å². The molecule has 0 radical (unpaired) electrons. The number of alkyl halides is 1. The second-order valence-electron chi connectivity index (χ2n) is 5.98. The molecule has 122 valence electrons. The van der Waals surface area contributed by atoms with Crippen LogP contribution in [0.4, 0.5) is 0 Å². The molecule has 0 saturated heterocycles. The molecular weight excluding hydrogens is 324 g/mol. The van der Waals surface area contributed by atoms with E-state index in [1.54, 1.807) is 43.3 Å². The van der Waals surface area contributed by atoms with Crippen LogP contribution >= 0.6 is 11.6 Å². The SMILES string of the molecule is CCC(=O)C[C@@H](c1ccccc1)C1(Cl)C(=O)c2ccccc2C1=O. The third-order valence-corrected chi connectivity index (χ3v) is 5.19. The Labute approximate surface area is 145 Å². The van der Waals surface area contributed by atoms with Crippen LogP contribution in [0.3, 0.4) is 0 Å². The van der Waals surface area contributed by atoms with Crippen molar-refractivity contribution >= 4 is 29.0 Å². The summed E-state index contributed by atoms with van der Waals surface area (Å²) in [5.74, 6) is -1.54. The first kappa shape index (κ1) is 16.6. The minimum Gasteiger partial charge on any atom is -0.300 e. The summed E-state index contributed by atoms with van der Waals surface area (Å²) >= 11 is 6.69. The fourth-order valence-electron chi connectivity index (χ4n) is 3.24. The normalized spacial score (nSPS) is 16.8. The minimum absolute atomic E-state index is 0.0274. The van der Waals surface area contributed by atoms with Crippen LogP contribution in [0.25, 0.3) is 0 Å². The van der Waals surface area contributed by atoms with E-state index in [2.05, 4.69) is 0 Å². The zero-order valence-corrected chi connectivity index (χ0v) is 14.0. The smallest absolute Gasteiger partial charge is 0.193 e. The standard InChI is InChI=1S/C20H17ClO3/c1-2-14(22)12-17(13-8-4-3-5-9-13)20(21)18(23)15-10-6-7-11-16(15)19(20)24/h3-11,17H,2,12H2,1H3/t17-/m0/s1. The number of rotatable bonds is 5. The molecule has 0 spiro atoms. The van der Waals surface area contributed by atoms with Gasteiger partial charge in [-0.1, -0.05) is 61.5 Å². The Balaban J connectivity index is 2.12. The highest BCUT2D eigenvalue weighted by atomic mass is 35.5. The monoisotopic (exact) mass is 340 g/mol. The fraction of sp³-hybridized carbons (Fsp3) is 0.250. The summed E-state index contributed by atoms with van der Waals surface area (Å²) in [6, 6.07) is 15.7. The lowest BCUT2D eigenvalue weighted by molar-refractivity contribution is -0.119. The molecular formula is C20H17ClO3. The molecule has 2 aromatic carbocycles. The zero-order chi connectivity index (χ0) is 17.3. The van der Waals surface area contributed by atoms with Crippen LogP contribution in [-0.4, -0.2) is 22.2 Å². The van der Waals surface area contributed by atoms with Gasteiger partial charge in [-0.05, 0) is 5.56 Å². The van der Waals surface area contributed by atoms with E-state index < -0.39 is 22.4 Å². The highest BCUT2D eigenvalue weighted by Crippen LogP contribution is 2.46. The second kappa shape index (κ2) is 6.33. The Morgan fingerprint density at radius 3 is 1.96 bits per heavy atom. The van der Waals surface area contributed by atoms with Gasteiger partial charge in [0, 0.05) is 29.9 Å². The Morgan fingerprint density at radius 1 is 0.958 bits per heavy atom. The topological polar surface area (TPSA) is 51.2 Å². The predicted molar refractivity (Wildman–Crippen MR) is 92.8 cm³/mol. The molecule has 0 bridgehead atoms. The average Bonchev–Trinajstić information content (AvgIpc) is 2.82. The molecule has 0 fully saturated rings. The van der Waals surface area contributed by atoms with E-state index in [1.165, 1.54) is 0 Å². The number of carbonyl (C=O) groups excluding carboxylic acids is 3. The van der Waals surface area contributed by atoms with E-state index in [0.29, 0.717) is 17.5 Å². The average molecular weight is 341 g/mol. The molecule has 0 amide bonds. The third kappa shape index (κ3) is 2.49. The summed E-state index contributed by atoms with van der Waals surface area (Å²) in [5, 5.41) is 0. The lowest BCUT2D eigenvalue weighted by Gasteiger charge is -2.29. The van der Waals surface area contributed by atoms with E-state index in [0.717, 1.165) is 5.56 Å². The maximum Gasteiger partial charge on any atom is 0.193 e. The van der Waals surface area contributed by atoms with Crippen LogP contribution in [0, 0.1) is 0 Å². The summed E-state index contributed by atoms with van der Waals surface area (Å²) in [5.41, 5.74) is 1.40. The highest BCUT2D eigenvalue weighted by molar-refractivity contribution is 6.55. The Morgan fingerprint density at radius 2 is 1.46 bits per heavy atom. The van der Waals surface area contributed by atoms with Crippen LogP contribution in [0.2, 0.25) is 0 Å². The number of ketones is 3. The van der Waals surface area contributed by atoms with Gasteiger partial charge in [0.1, 0.15) is 5.78 Å². The van der Waals surface area contributed by atoms with Gasteiger partial charge in [0.25, 0.3) is 0 Å². The maximum atomic E-state index is 12.9. The van der Waals surface area contributed by atoms with Crippen LogP contribution in [0.15, 0.2) is 54.6 Å². The zero-order valence-electron chi connectivity index (χ0n) is 13.3. The first-order valence-corrected chi connectivity index (χ1v) is 8.32. The van der Waals surface area contributed by atoms with E-state index in [1.807, 2.05) is 18.2 Å². The molecule has 3 rings (SSSR count). The van der Waals surface area contributed by atoms with Gasteiger partial charge in [0.15, 0.2) is 16.4 Å². The Bertz CT molecular complexity index is 776. The van der Waals surface area contributed by atoms with Crippen molar-refractivity contribution in [2.24, 2.45) is 0 Å². The van der Waals surface area contributed by atoms with Crippen molar-refractivity contribution in [2.45, 2.75) is 30.6 Å². The van der Waals surface area contributed by atoms with Crippen molar-refractivity contribution in [1.29, 1.82) is 0 Å². The van der Waals surface area contributed by atoms with Gasteiger partial charge in [-0.2, -0.15) is 0 Å². The third-order valence-electron chi connectivity index (χ3n) is 4.59. The Hall–Kier alpha value is -2.26. The minimum atomic E-state index is -1.75. The molecule has 1 aliphatic rings. The van der Waals surface area contributed by atoms with Crippen molar-refractivity contribution in [3.05, 3.63) is 71.3 Å². The first-order valence-electron chi connectivity index (χ1n) is 7.94. The van der Waals surface area contributed by atoms with Gasteiger partial charge < -0.3 is 0 Å². The van der Waals surface area contributed by atoms with Gasteiger partial charge >= 0.3 is 0 Å². The lowest BCUT2D eigenvalue weighted by Crippen LogP contribution is -2.42. The quantitative estimate of drug-likeness (QED) is 0.605. The number of hydrogen-bond acceptors (Lipinski definition) is 3. The molecule has 4 heteroatoms. The van der Waals surface area contributed by atoms with Gasteiger partial charge in [-0.25, -0.2) is 0 Å². The van der Waals surface area contributed by atoms with Crippen molar-refractivity contribution in [3.8, 4) is 0 Å². The van der Waals surface area contributed by atoms with E-state index in [9.17, 15) is 14.4 Å². The summed E-state index contributed by atoms with van der Waals surface area (Å²) in [7, 11) is 0. The predicted octanol–water partition coefficient (Wildman–Crippen LogP) is 4.20. The van der Waals surface area contributed by atoms with E-state index >= 15 is 0 Å². The summed E-state index contributed by atoms with van der Waals surface area (Å²) in [6.07, 6.45) is 0.404. The fourth-order valence-corrected chi connectivity index (χ4v) is 3.64. The van der Waals surface area contributed by atoms with Crippen LogP contribution in [-0.2, 0) is 4.79 Å². The molecule has 24 heavy (non-hydrogen) atoms. The molecule has 0 saturated carbocycles. The van der Waals surface area contributed by atoms with E-state index in [-0.39, 0.29) is 12.2 Å². The van der Waals surface area contributed by atoms with Crippen molar-refractivity contribution in [3.63, 3.8) is 0 Å². The molecule has 1 atom stereocenters. The second-order valence-corrected chi connectivity index (χ2v) is 6.57. The molecule has 2 aromatic rings. The van der Waals surface area contributed by atoms with Gasteiger partial charge in [0.2, 0.25) is 0 Å². The number of carbonyl (C=O) groups is 3. The first-order chi connectivity index (χ1) is 11.5. The number of benzene rings is 2.